The van der Waals surface area contributed by atoms with Gasteiger partial charge < -0.3 is 4.90 Å². The second-order valence-electron chi connectivity index (χ2n) is 5.04. The minimum absolute atomic E-state index is 0.0872. The van der Waals surface area contributed by atoms with Crippen LogP contribution in [0.2, 0.25) is 0 Å². The number of nitrogens with zero attached hydrogens (tertiary/aromatic N) is 3. The van der Waals surface area contributed by atoms with Gasteiger partial charge >= 0.3 is 0 Å². The van der Waals surface area contributed by atoms with Crippen molar-refractivity contribution in [3.8, 4) is 0 Å². The first kappa shape index (κ1) is 15.8. The molecule has 0 fully saturated rings. The summed E-state index contributed by atoms with van der Waals surface area (Å²) in [6.45, 7) is 0.444. The Kier molecular flexibility index (Phi) is 4.49. The third-order valence-electron chi connectivity index (χ3n) is 3.50. The van der Waals surface area contributed by atoms with E-state index in [1.807, 2.05) is 30.5 Å². The van der Waals surface area contributed by atoms with E-state index in [4.69, 9.17) is 0 Å². The maximum Gasteiger partial charge on any atom is 0.271 e. The first-order valence-corrected chi connectivity index (χ1v) is 9.04. The van der Waals surface area contributed by atoms with Gasteiger partial charge in [-0.15, -0.1) is 23.1 Å². The molecule has 23 heavy (non-hydrogen) atoms. The van der Waals surface area contributed by atoms with Gasteiger partial charge in [0.25, 0.3) is 11.5 Å². The lowest BCUT2D eigenvalue weighted by atomic mass is 10.2. The highest BCUT2D eigenvalue weighted by atomic mass is 32.2. The number of carbonyl (C=O) groups is 1. The number of fused-ring (bicyclic) bond motifs is 1. The van der Waals surface area contributed by atoms with Gasteiger partial charge in [0.2, 0.25) is 0 Å². The Morgan fingerprint density at radius 2 is 2.09 bits per heavy atom. The van der Waals surface area contributed by atoms with Crippen molar-refractivity contribution in [2.75, 3.05) is 13.3 Å². The van der Waals surface area contributed by atoms with Crippen molar-refractivity contribution in [2.24, 2.45) is 0 Å². The first-order valence-electron chi connectivity index (χ1n) is 6.93. The summed E-state index contributed by atoms with van der Waals surface area (Å²) in [5, 5.41) is 1.77. The van der Waals surface area contributed by atoms with Crippen LogP contribution in [0.15, 0.2) is 51.7 Å². The van der Waals surface area contributed by atoms with Crippen molar-refractivity contribution < 1.29 is 4.79 Å². The van der Waals surface area contributed by atoms with Gasteiger partial charge in [-0.25, -0.2) is 4.98 Å². The van der Waals surface area contributed by atoms with Crippen LogP contribution >= 0.6 is 23.1 Å². The molecule has 0 saturated carbocycles. The average molecular weight is 345 g/mol. The van der Waals surface area contributed by atoms with Gasteiger partial charge in [-0.3, -0.25) is 14.0 Å². The molecule has 0 aliphatic rings. The molecule has 1 amide bonds. The molecule has 0 atom stereocenters. The fraction of sp³-hybridized carbons (Fsp3) is 0.188. The quantitative estimate of drug-likeness (QED) is 0.682. The van der Waals surface area contributed by atoms with Crippen molar-refractivity contribution in [1.29, 1.82) is 0 Å². The summed E-state index contributed by atoms with van der Waals surface area (Å²) in [6.07, 6.45) is 5.02. The Balaban J connectivity index is 1.82. The number of rotatable bonds is 4. The number of hydrogen-bond donors (Lipinski definition) is 0. The number of carbonyl (C=O) groups excluding carboxylic acids is 1. The summed E-state index contributed by atoms with van der Waals surface area (Å²) < 4.78 is 1.40. The average Bonchev–Trinajstić information content (AvgIpc) is 3.05. The second-order valence-corrected chi connectivity index (χ2v) is 6.79. The molecule has 3 aromatic rings. The van der Waals surface area contributed by atoms with Gasteiger partial charge in [0, 0.05) is 36.3 Å². The maximum absolute atomic E-state index is 12.5. The minimum atomic E-state index is -0.328. The number of aromatic nitrogens is 2. The number of benzene rings is 1. The van der Waals surface area contributed by atoms with Gasteiger partial charge in [0.1, 0.15) is 5.56 Å². The van der Waals surface area contributed by atoms with E-state index in [1.165, 1.54) is 31.7 Å². The van der Waals surface area contributed by atoms with Gasteiger partial charge in [0.05, 0.1) is 0 Å². The maximum atomic E-state index is 12.5. The van der Waals surface area contributed by atoms with E-state index in [2.05, 4.69) is 4.98 Å². The van der Waals surface area contributed by atoms with Crippen molar-refractivity contribution in [3.05, 3.63) is 63.5 Å². The first-order chi connectivity index (χ1) is 11.1. The van der Waals surface area contributed by atoms with E-state index in [-0.39, 0.29) is 17.0 Å². The lowest BCUT2D eigenvalue weighted by Crippen LogP contribution is -2.32. The highest BCUT2D eigenvalue weighted by Crippen LogP contribution is 2.16. The van der Waals surface area contributed by atoms with Gasteiger partial charge in [-0.05, 0) is 24.0 Å². The van der Waals surface area contributed by atoms with Crippen LogP contribution in [0, 0.1) is 0 Å². The van der Waals surface area contributed by atoms with Crippen LogP contribution < -0.4 is 5.56 Å². The zero-order valence-electron chi connectivity index (χ0n) is 12.7. The van der Waals surface area contributed by atoms with Crippen LogP contribution in [-0.2, 0) is 6.54 Å². The number of thioether (sulfide) groups is 1. The van der Waals surface area contributed by atoms with Crippen molar-refractivity contribution >= 4 is 34.0 Å². The summed E-state index contributed by atoms with van der Waals surface area (Å²) in [5.74, 6) is -0.322. The Hall–Kier alpha value is -2.12. The topological polar surface area (TPSA) is 54.7 Å². The normalized spacial score (nSPS) is 10.9. The predicted molar refractivity (Wildman–Crippen MR) is 93.4 cm³/mol. The lowest BCUT2D eigenvalue weighted by Gasteiger charge is -2.17. The van der Waals surface area contributed by atoms with Crippen molar-refractivity contribution in [3.63, 3.8) is 0 Å². The Morgan fingerprint density at radius 3 is 2.78 bits per heavy atom. The SMILES string of the molecule is CSc1ccc(CN(C)C(=O)c2cnc3sccn3c2=O)cc1. The Bertz CT molecular complexity index is 900. The van der Waals surface area contributed by atoms with Crippen LogP contribution in [0.3, 0.4) is 0 Å². The monoisotopic (exact) mass is 345 g/mol. The molecule has 0 radical (unpaired) electrons. The molecule has 0 saturated heterocycles. The van der Waals surface area contributed by atoms with E-state index in [0.717, 1.165) is 5.56 Å². The highest BCUT2D eigenvalue weighted by molar-refractivity contribution is 7.98. The molecular formula is C16H15N3O2S2. The van der Waals surface area contributed by atoms with Gasteiger partial charge in [0.15, 0.2) is 4.96 Å². The Morgan fingerprint density at radius 1 is 1.35 bits per heavy atom. The molecule has 0 aliphatic heterocycles. The summed E-state index contributed by atoms with van der Waals surface area (Å²) in [7, 11) is 1.69. The molecule has 0 unspecified atom stereocenters. The van der Waals surface area contributed by atoms with E-state index in [9.17, 15) is 9.59 Å². The smallest absolute Gasteiger partial charge is 0.271 e. The molecule has 3 rings (SSSR count). The van der Waals surface area contributed by atoms with E-state index >= 15 is 0 Å². The molecule has 0 aliphatic carbocycles. The third-order valence-corrected chi connectivity index (χ3v) is 5.01. The van der Waals surface area contributed by atoms with Crippen LogP contribution in [0.5, 0.6) is 0 Å². The Labute approximate surface area is 141 Å². The molecule has 0 bridgehead atoms. The fourth-order valence-corrected chi connectivity index (χ4v) is 3.34. The van der Waals surface area contributed by atoms with E-state index in [1.54, 1.807) is 30.4 Å². The third kappa shape index (κ3) is 3.16. The van der Waals surface area contributed by atoms with Crippen LogP contribution in [0.25, 0.3) is 4.96 Å². The molecule has 118 valence electrons. The molecule has 5 nitrogen and oxygen atoms in total. The molecule has 7 heteroatoms. The minimum Gasteiger partial charge on any atom is -0.337 e. The standard InChI is InChI=1S/C16H15N3O2S2/c1-18(10-11-3-5-12(22-2)6-4-11)14(20)13-9-17-16-19(15(13)21)7-8-23-16/h3-9H,10H2,1-2H3. The zero-order chi connectivity index (χ0) is 16.4. The zero-order valence-corrected chi connectivity index (χ0v) is 14.4. The summed E-state index contributed by atoms with van der Waals surface area (Å²) >= 11 is 3.03. The van der Waals surface area contributed by atoms with E-state index in [0.29, 0.717) is 11.5 Å². The predicted octanol–water partition coefficient (Wildman–Crippen LogP) is 2.75. The highest BCUT2D eigenvalue weighted by Gasteiger charge is 2.18. The second kappa shape index (κ2) is 6.55. The summed E-state index contributed by atoms with van der Waals surface area (Å²) in [4.78, 5) is 32.3. The van der Waals surface area contributed by atoms with Crippen molar-refractivity contribution in [2.45, 2.75) is 11.4 Å². The molecule has 1 aromatic carbocycles. The van der Waals surface area contributed by atoms with Crippen molar-refractivity contribution in [1.82, 2.24) is 14.3 Å². The number of amides is 1. The molecular weight excluding hydrogens is 330 g/mol. The van der Waals surface area contributed by atoms with Crippen LogP contribution in [-0.4, -0.2) is 33.5 Å². The largest absolute Gasteiger partial charge is 0.337 e. The molecule has 0 N–H and O–H groups in total. The van der Waals surface area contributed by atoms with Crippen LogP contribution in [0.4, 0.5) is 0 Å². The lowest BCUT2D eigenvalue weighted by molar-refractivity contribution is 0.0782. The fourth-order valence-electron chi connectivity index (χ4n) is 2.25. The molecule has 2 heterocycles. The molecule has 2 aromatic heterocycles. The van der Waals surface area contributed by atoms with Crippen LogP contribution in [0.1, 0.15) is 15.9 Å². The molecule has 0 spiro atoms. The summed E-state index contributed by atoms with van der Waals surface area (Å²) in [6, 6.07) is 8.02. The van der Waals surface area contributed by atoms with Gasteiger partial charge in [-0.1, -0.05) is 12.1 Å². The number of hydrogen-bond acceptors (Lipinski definition) is 5. The number of thiazole rings is 1. The summed E-state index contributed by atoms with van der Waals surface area (Å²) in [5.41, 5.74) is 0.776. The van der Waals surface area contributed by atoms with E-state index < -0.39 is 0 Å². The van der Waals surface area contributed by atoms with Gasteiger partial charge in [-0.2, -0.15) is 0 Å².